The molecule has 0 aromatic heterocycles. The van der Waals surface area contributed by atoms with E-state index in [2.05, 4.69) is 0 Å². The first-order valence-electron chi connectivity index (χ1n) is 2.94. The Bertz CT molecular complexity index is 75.6. The van der Waals surface area contributed by atoms with Gasteiger partial charge in [0.25, 0.3) is 0 Å². The topological polar surface area (TPSA) is 70.0 Å². The van der Waals surface area contributed by atoms with Gasteiger partial charge in [0.1, 0.15) is 0 Å². The number of hydrogen-bond donors (Lipinski definition) is 2. The van der Waals surface area contributed by atoms with E-state index in [0.717, 1.165) is 0 Å². The molecular weight excluding hydrogens is 116 g/mol. The van der Waals surface area contributed by atoms with Crippen LogP contribution in [0, 0.1) is 11.3 Å². The maximum absolute atomic E-state index is 8.24. The molecule has 0 aliphatic carbocycles. The second kappa shape index (κ2) is 10.4. The summed E-state index contributed by atoms with van der Waals surface area (Å²) in [7, 11) is 0. The van der Waals surface area contributed by atoms with Crippen molar-refractivity contribution in [3.63, 3.8) is 0 Å². The molecule has 9 heavy (non-hydrogen) atoms. The van der Waals surface area contributed by atoms with Crippen molar-refractivity contribution < 1.29 is 5.11 Å². The first-order valence-corrected chi connectivity index (χ1v) is 2.94. The molecule has 3 heteroatoms. The van der Waals surface area contributed by atoms with E-state index >= 15 is 0 Å². The first-order chi connectivity index (χ1) is 4.18. The third-order valence-corrected chi connectivity index (χ3v) is 0.499. The zero-order valence-corrected chi connectivity index (χ0v) is 5.96. The zero-order valence-electron chi connectivity index (χ0n) is 5.96. The summed E-state index contributed by atoms with van der Waals surface area (Å²) in [5.41, 5.74) is 4.92. The van der Waals surface area contributed by atoms with Crippen LogP contribution in [0.4, 0.5) is 0 Å². The van der Waals surface area contributed by atoms with Crippen molar-refractivity contribution in [1.29, 1.82) is 5.26 Å². The fraction of sp³-hybridized carbons (Fsp3) is 0.833. The third kappa shape index (κ3) is 37.3. The lowest BCUT2D eigenvalue weighted by Gasteiger charge is -1.91. The van der Waals surface area contributed by atoms with Gasteiger partial charge in [0, 0.05) is 13.0 Å². The Morgan fingerprint density at radius 1 is 1.78 bits per heavy atom. The molecule has 0 radical (unpaired) electrons. The van der Waals surface area contributed by atoms with E-state index in [9.17, 15) is 0 Å². The fourth-order valence-corrected chi connectivity index (χ4v) is 0. The van der Waals surface area contributed by atoms with Gasteiger partial charge in [-0.1, -0.05) is 6.92 Å². The Morgan fingerprint density at radius 3 is 2.00 bits per heavy atom. The van der Waals surface area contributed by atoms with Gasteiger partial charge in [0.15, 0.2) is 0 Å². The minimum atomic E-state index is -0.338. The van der Waals surface area contributed by atoms with Gasteiger partial charge in [-0.25, -0.2) is 0 Å². The van der Waals surface area contributed by atoms with Gasteiger partial charge in [-0.15, -0.1) is 0 Å². The largest absolute Gasteiger partial charge is 0.392 e. The highest BCUT2D eigenvalue weighted by molar-refractivity contribution is 4.61. The molecular formula is C6H14N2O. The molecule has 1 unspecified atom stereocenters. The van der Waals surface area contributed by atoms with Crippen LogP contribution in [-0.4, -0.2) is 17.8 Å². The summed E-state index contributed by atoms with van der Waals surface area (Å²) in [6, 6.07) is 1.93. The molecule has 0 aromatic rings. The molecule has 0 bridgehead atoms. The van der Waals surface area contributed by atoms with Crippen LogP contribution in [0.2, 0.25) is 0 Å². The monoisotopic (exact) mass is 130 g/mol. The molecule has 1 atom stereocenters. The van der Waals surface area contributed by atoms with Gasteiger partial charge in [0.2, 0.25) is 0 Å². The Balaban J connectivity index is 0. The number of nitriles is 1. The van der Waals surface area contributed by atoms with Crippen molar-refractivity contribution in [1.82, 2.24) is 0 Å². The Hall–Kier alpha value is -0.590. The highest BCUT2D eigenvalue weighted by Crippen LogP contribution is 1.65. The van der Waals surface area contributed by atoms with E-state index < -0.39 is 0 Å². The van der Waals surface area contributed by atoms with Gasteiger partial charge in [-0.3, -0.25) is 0 Å². The van der Waals surface area contributed by atoms with E-state index in [1.54, 1.807) is 6.92 Å². The lowest BCUT2D eigenvalue weighted by molar-refractivity contribution is 0.203. The van der Waals surface area contributed by atoms with Crippen molar-refractivity contribution in [3.8, 4) is 6.07 Å². The average Bonchev–Trinajstić information content (AvgIpc) is 1.89. The van der Waals surface area contributed by atoms with Crippen LogP contribution in [0.5, 0.6) is 0 Å². The number of rotatable bonds is 1. The lowest BCUT2D eigenvalue weighted by atomic mass is 10.4. The molecule has 0 saturated carbocycles. The van der Waals surface area contributed by atoms with Crippen LogP contribution < -0.4 is 5.73 Å². The van der Waals surface area contributed by atoms with E-state index in [0.29, 0.717) is 13.0 Å². The highest BCUT2D eigenvalue weighted by atomic mass is 16.3. The maximum atomic E-state index is 8.24. The van der Waals surface area contributed by atoms with Crippen molar-refractivity contribution in [2.75, 3.05) is 6.54 Å². The van der Waals surface area contributed by atoms with Crippen LogP contribution in [-0.2, 0) is 0 Å². The van der Waals surface area contributed by atoms with Gasteiger partial charge < -0.3 is 10.8 Å². The molecule has 54 valence electrons. The Morgan fingerprint density at radius 2 is 2.00 bits per heavy atom. The second-order valence-corrected chi connectivity index (χ2v) is 1.60. The van der Waals surface area contributed by atoms with Gasteiger partial charge >= 0.3 is 0 Å². The number of aliphatic hydroxyl groups excluding tert-OH is 1. The van der Waals surface area contributed by atoms with E-state index in [-0.39, 0.29) is 6.10 Å². The summed E-state index contributed by atoms with van der Waals surface area (Å²) in [5, 5.41) is 15.9. The molecule has 0 aliphatic heterocycles. The van der Waals surface area contributed by atoms with Gasteiger partial charge in [-0.05, 0) is 6.92 Å². The quantitative estimate of drug-likeness (QED) is 0.534. The fourth-order valence-electron chi connectivity index (χ4n) is 0. The number of nitrogens with zero attached hydrogens (tertiary/aromatic N) is 1. The number of aliphatic hydroxyl groups is 1. The Labute approximate surface area is 56.1 Å². The number of hydrogen-bond acceptors (Lipinski definition) is 3. The summed E-state index contributed by atoms with van der Waals surface area (Å²) in [4.78, 5) is 0. The zero-order chi connectivity index (χ0) is 7.70. The van der Waals surface area contributed by atoms with Crippen LogP contribution in [0.15, 0.2) is 0 Å². The predicted molar refractivity (Wildman–Crippen MR) is 36.6 cm³/mol. The first kappa shape index (κ1) is 11.2. The lowest BCUT2D eigenvalue weighted by Crippen LogP contribution is -2.14. The molecule has 3 nitrogen and oxygen atoms in total. The molecule has 3 N–H and O–H groups in total. The summed E-state index contributed by atoms with van der Waals surface area (Å²) in [5.74, 6) is 0. The van der Waals surface area contributed by atoms with E-state index in [1.165, 1.54) is 0 Å². The number of nitrogens with two attached hydrogens (primary N) is 1. The summed E-state index contributed by atoms with van der Waals surface area (Å²) in [6.45, 7) is 3.83. The molecule has 0 saturated heterocycles. The third-order valence-electron chi connectivity index (χ3n) is 0.499. The summed E-state index contributed by atoms with van der Waals surface area (Å²) >= 11 is 0. The smallest absolute Gasteiger partial charge is 0.0634 e. The normalized spacial score (nSPS) is 10.6. The molecule has 0 rings (SSSR count). The van der Waals surface area contributed by atoms with Gasteiger partial charge in [-0.2, -0.15) is 5.26 Å². The SMILES string of the molecule is CC(O)CN.CCC#N. The molecule has 0 fully saturated rings. The molecule has 0 heterocycles. The molecule has 0 spiro atoms. The van der Waals surface area contributed by atoms with E-state index in [4.69, 9.17) is 16.1 Å². The van der Waals surface area contributed by atoms with Crippen LogP contribution in [0.3, 0.4) is 0 Å². The maximum Gasteiger partial charge on any atom is 0.0634 e. The van der Waals surface area contributed by atoms with Crippen LogP contribution in [0.25, 0.3) is 0 Å². The molecule has 0 aromatic carbocycles. The van der Waals surface area contributed by atoms with E-state index in [1.807, 2.05) is 13.0 Å². The second-order valence-electron chi connectivity index (χ2n) is 1.60. The average molecular weight is 130 g/mol. The summed E-state index contributed by atoms with van der Waals surface area (Å²) in [6.07, 6.45) is 0.287. The van der Waals surface area contributed by atoms with Crippen LogP contribution >= 0.6 is 0 Å². The molecule has 0 aliphatic rings. The van der Waals surface area contributed by atoms with Crippen molar-refractivity contribution >= 4 is 0 Å². The van der Waals surface area contributed by atoms with Crippen LogP contribution in [0.1, 0.15) is 20.3 Å². The minimum absolute atomic E-state index is 0.338. The van der Waals surface area contributed by atoms with Crippen molar-refractivity contribution in [2.24, 2.45) is 5.73 Å². The Kier molecular flexibility index (Phi) is 13.0. The highest BCUT2D eigenvalue weighted by Gasteiger charge is 1.81. The van der Waals surface area contributed by atoms with Gasteiger partial charge in [0.05, 0.1) is 12.2 Å². The standard InChI is InChI=1S/C3H9NO.C3H5N/c1-3(5)2-4;1-2-3-4/h3,5H,2,4H2,1H3;2H2,1H3. The predicted octanol–water partition coefficient (Wildman–Crippen LogP) is 0.246. The summed E-state index contributed by atoms with van der Waals surface area (Å²) < 4.78 is 0. The molecule has 0 amide bonds. The van der Waals surface area contributed by atoms with Crippen molar-refractivity contribution in [2.45, 2.75) is 26.4 Å². The van der Waals surface area contributed by atoms with Crippen molar-refractivity contribution in [3.05, 3.63) is 0 Å². The minimum Gasteiger partial charge on any atom is -0.392 e.